The number of carbonyl (C=O) groups excluding carboxylic acids is 1. The number of aryl methyl sites for hydroxylation is 2. The number of halogens is 2. The van der Waals surface area contributed by atoms with Crippen LogP contribution in [0.3, 0.4) is 0 Å². The Morgan fingerprint density at radius 1 is 1.26 bits per heavy atom. The molecule has 0 radical (unpaired) electrons. The molecule has 1 aromatic carbocycles. The zero-order valence-electron chi connectivity index (χ0n) is 19.3. The molecule has 0 bridgehead atoms. The third-order valence-corrected chi connectivity index (χ3v) is 6.50. The van der Waals surface area contributed by atoms with E-state index in [4.69, 9.17) is 17.3 Å². The summed E-state index contributed by atoms with van der Waals surface area (Å²) in [4.78, 5) is 22.1. The Labute approximate surface area is 202 Å². The number of primary amides is 1. The number of carbonyl (C=O) groups is 1. The summed E-state index contributed by atoms with van der Waals surface area (Å²) in [5.41, 5.74) is 8.55. The molecule has 4 rings (SSSR count). The lowest BCUT2D eigenvalue weighted by Crippen LogP contribution is -2.46. The highest BCUT2D eigenvalue weighted by molar-refractivity contribution is 6.32. The first-order valence-corrected chi connectivity index (χ1v) is 11.5. The van der Waals surface area contributed by atoms with Crippen LogP contribution in [0.5, 0.6) is 0 Å². The topological polar surface area (TPSA) is 125 Å². The van der Waals surface area contributed by atoms with Crippen molar-refractivity contribution in [2.75, 3.05) is 23.7 Å². The smallest absolute Gasteiger partial charge is 0.234 e. The fraction of sp³-hybridized carbons (Fsp3) is 0.391. The van der Waals surface area contributed by atoms with Crippen LogP contribution in [0.4, 0.5) is 27.7 Å². The van der Waals surface area contributed by atoms with E-state index in [1.165, 1.54) is 6.20 Å². The van der Waals surface area contributed by atoms with Crippen LogP contribution in [0.25, 0.3) is 0 Å². The molecule has 1 saturated heterocycles. The number of likely N-dealkylation sites (tertiary alicyclic amines) is 1. The number of benzene rings is 1. The Kier molecular flexibility index (Phi) is 6.99. The quantitative estimate of drug-likeness (QED) is 0.395. The molecule has 1 atom stereocenters. The Bertz CT molecular complexity index is 1190. The largest absolute Gasteiger partial charge is 0.368 e. The average Bonchev–Trinajstić information content (AvgIpc) is 3.22. The maximum absolute atomic E-state index is 15.1. The number of rotatable bonds is 7. The summed E-state index contributed by atoms with van der Waals surface area (Å²) in [6.45, 7) is 7.17. The van der Waals surface area contributed by atoms with Gasteiger partial charge in [-0.1, -0.05) is 11.6 Å². The van der Waals surface area contributed by atoms with Gasteiger partial charge in [-0.05, 0) is 75.9 Å². The molecule has 1 amide bonds. The Morgan fingerprint density at radius 3 is 2.65 bits per heavy atom. The van der Waals surface area contributed by atoms with Crippen molar-refractivity contribution in [3.8, 4) is 0 Å². The molecule has 5 N–H and O–H groups in total. The average molecular weight is 487 g/mol. The lowest BCUT2D eigenvalue weighted by Gasteiger charge is -2.35. The number of H-pyrrole nitrogens is 1. The van der Waals surface area contributed by atoms with Gasteiger partial charge in [-0.3, -0.25) is 14.8 Å². The van der Waals surface area contributed by atoms with E-state index in [-0.39, 0.29) is 35.3 Å². The Balaban J connectivity index is 1.47. The molecule has 3 heterocycles. The van der Waals surface area contributed by atoms with E-state index >= 15 is 4.39 Å². The van der Waals surface area contributed by atoms with E-state index in [0.717, 1.165) is 42.8 Å². The second-order valence-corrected chi connectivity index (χ2v) is 9.06. The van der Waals surface area contributed by atoms with E-state index in [1.54, 1.807) is 12.1 Å². The van der Waals surface area contributed by atoms with Gasteiger partial charge in [-0.15, -0.1) is 0 Å². The predicted octanol–water partition coefficient (Wildman–Crippen LogP) is 4.15. The lowest BCUT2D eigenvalue weighted by molar-refractivity contribution is -0.123. The number of aromatic amines is 1. The molecule has 1 aliphatic rings. The molecule has 1 aliphatic heterocycles. The monoisotopic (exact) mass is 486 g/mol. The summed E-state index contributed by atoms with van der Waals surface area (Å²) in [5.74, 6) is 0.643. The van der Waals surface area contributed by atoms with Gasteiger partial charge in [0.1, 0.15) is 10.8 Å². The van der Waals surface area contributed by atoms with Crippen LogP contribution < -0.4 is 16.4 Å². The Hall–Kier alpha value is -3.24. The number of hydrogen-bond acceptors (Lipinski definition) is 7. The standard InChI is InChI=1S/C23H28ClFN8O/c1-12-8-19(18(25)10-16(12)15-4-6-33(7-5-15)14(3)21(26)34)28-23-27-11-17(24)22(30-23)29-20-9-13(2)31-32-20/h8-11,14-15H,4-7H2,1-3H3,(H2,26,34)(H3,27,28,29,30,31,32)/t14-/m1/s1. The Morgan fingerprint density at radius 2 is 2.00 bits per heavy atom. The van der Waals surface area contributed by atoms with Gasteiger partial charge in [0.15, 0.2) is 11.6 Å². The normalized spacial score (nSPS) is 15.8. The molecule has 9 nitrogen and oxygen atoms in total. The summed E-state index contributed by atoms with van der Waals surface area (Å²) < 4.78 is 15.1. The molecule has 11 heteroatoms. The highest BCUT2D eigenvalue weighted by atomic mass is 35.5. The van der Waals surface area contributed by atoms with Gasteiger partial charge in [-0.2, -0.15) is 10.1 Å². The molecule has 0 saturated carbocycles. The van der Waals surface area contributed by atoms with E-state index in [0.29, 0.717) is 16.7 Å². The molecule has 1 fully saturated rings. The van der Waals surface area contributed by atoms with E-state index in [1.807, 2.05) is 26.8 Å². The summed E-state index contributed by atoms with van der Waals surface area (Å²) >= 11 is 6.21. The zero-order valence-corrected chi connectivity index (χ0v) is 20.1. The zero-order chi connectivity index (χ0) is 24.4. The van der Waals surface area contributed by atoms with Crippen molar-refractivity contribution >= 4 is 40.8 Å². The molecular formula is C23H28ClFN8O. The van der Waals surface area contributed by atoms with Gasteiger partial charge in [-0.25, -0.2) is 9.37 Å². The van der Waals surface area contributed by atoms with Gasteiger partial charge in [0, 0.05) is 11.8 Å². The summed E-state index contributed by atoms with van der Waals surface area (Å²) in [5, 5.41) is 13.2. The SMILES string of the molecule is Cc1cc(Nc2nc(Nc3cc(C)c(C4CCN([C@H](C)C(N)=O)CC4)cc3F)ncc2Cl)n[nH]1. The summed E-state index contributed by atoms with van der Waals surface area (Å²) in [6.07, 6.45) is 3.12. The number of nitrogens with two attached hydrogens (primary N) is 1. The van der Waals surface area contributed by atoms with Gasteiger partial charge in [0.25, 0.3) is 0 Å². The van der Waals surface area contributed by atoms with Gasteiger partial charge >= 0.3 is 0 Å². The third-order valence-electron chi connectivity index (χ3n) is 6.23. The molecule has 180 valence electrons. The second kappa shape index (κ2) is 9.94. The van der Waals surface area contributed by atoms with Crippen LogP contribution in [0.2, 0.25) is 5.02 Å². The number of piperidine rings is 1. The highest BCUT2D eigenvalue weighted by Crippen LogP contribution is 2.34. The number of nitrogens with zero attached hydrogens (tertiary/aromatic N) is 4. The fourth-order valence-electron chi connectivity index (χ4n) is 4.25. The number of aromatic nitrogens is 4. The highest BCUT2D eigenvalue weighted by Gasteiger charge is 2.27. The van der Waals surface area contributed by atoms with Crippen molar-refractivity contribution < 1.29 is 9.18 Å². The molecule has 0 spiro atoms. The molecule has 2 aromatic heterocycles. The van der Waals surface area contributed by atoms with Crippen LogP contribution in [0.1, 0.15) is 42.5 Å². The van der Waals surface area contributed by atoms with Gasteiger partial charge < -0.3 is 16.4 Å². The second-order valence-electron chi connectivity index (χ2n) is 8.65. The van der Waals surface area contributed by atoms with Crippen molar-refractivity contribution in [3.63, 3.8) is 0 Å². The van der Waals surface area contributed by atoms with E-state index in [2.05, 4.69) is 35.7 Å². The van der Waals surface area contributed by atoms with Gasteiger partial charge in [0.2, 0.25) is 11.9 Å². The van der Waals surface area contributed by atoms with Crippen molar-refractivity contribution in [1.29, 1.82) is 0 Å². The van der Waals surface area contributed by atoms with Gasteiger partial charge in [0.05, 0.1) is 17.9 Å². The van der Waals surface area contributed by atoms with Crippen LogP contribution >= 0.6 is 11.6 Å². The fourth-order valence-corrected chi connectivity index (χ4v) is 4.39. The minimum absolute atomic E-state index is 0.207. The van der Waals surface area contributed by atoms with E-state index in [9.17, 15) is 4.79 Å². The van der Waals surface area contributed by atoms with Crippen LogP contribution in [-0.4, -0.2) is 50.1 Å². The van der Waals surface area contributed by atoms with Crippen LogP contribution in [-0.2, 0) is 4.79 Å². The lowest BCUT2D eigenvalue weighted by atomic mass is 9.86. The molecular weight excluding hydrogens is 459 g/mol. The maximum Gasteiger partial charge on any atom is 0.234 e. The van der Waals surface area contributed by atoms with Crippen molar-refractivity contribution in [1.82, 2.24) is 25.1 Å². The first-order chi connectivity index (χ1) is 16.2. The van der Waals surface area contributed by atoms with Crippen molar-refractivity contribution in [2.45, 2.75) is 45.6 Å². The number of anilines is 4. The molecule has 0 aliphatic carbocycles. The molecule has 0 unspecified atom stereocenters. The third kappa shape index (κ3) is 5.28. The van der Waals surface area contributed by atoms with Crippen LogP contribution in [0, 0.1) is 19.7 Å². The van der Waals surface area contributed by atoms with Crippen molar-refractivity contribution in [3.05, 3.63) is 52.1 Å². The van der Waals surface area contributed by atoms with Crippen molar-refractivity contribution in [2.24, 2.45) is 5.73 Å². The van der Waals surface area contributed by atoms with E-state index < -0.39 is 0 Å². The first-order valence-electron chi connectivity index (χ1n) is 11.1. The summed E-state index contributed by atoms with van der Waals surface area (Å²) in [7, 11) is 0. The first kappa shape index (κ1) is 23.9. The maximum atomic E-state index is 15.1. The number of nitrogens with one attached hydrogen (secondary N) is 3. The molecule has 3 aromatic rings. The summed E-state index contributed by atoms with van der Waals surface area (Å²) in [6, 6.07) is 4.87. The predicted molar refractivity (Wildman–Crippen MR) is 130 cm³/mol. The minimum Gasteiger partial charge on any atom is -0.368 e. The van der Waals surface area contributed by atoms with Crippen LogP contribution in [0.15, 0.2) is 24.4 Å². The number of hydrogen-bond donors (Lipinski definition) is 4. The minimum atomic E-state index is -0.385. The molecule has 34 heavy (non-hydrogen) atoms. The number of amides is 1.